The number of halogens is 1. The summed E-state index contributed by atoms with van der Waals surface area (Å²) in [6.45, 7) is 3.70. The summed E-state index contributed by atoms with van der Waals surface area (Å²) in [7, 11) is 0. The van der Waals surface area contributed by atoms with Gasteiger partial charge in [0.05, 0.1) is 11.9 Å². The highest BCUT2D eigenvalue weighted by atomic mass is 79.9. The van der Waals surface area contributed by atoms with E-state index in [9.17, 15) is 4.79 Å². The van der Waals surface area contributed by atoms with Crippen LogP contribution in [0.1, 0.15) is 13.8 Å². The van der Waals surface area contributed by atoms with Crippen LogP contribution in [0.3, 0.4) is 0 Å². The van der Waals surface area contributed by atoms with Crippen LogP contribution in [0.25, 0.3) is 0 Å². The van der Waals surface area contributed by atoms with Crippen LogP contribution >= 0.6 is 15.9 Å². The van der Waals surface area contributed by atoms with Gasteiger partial charge in [0.25, 0.3) is 0 Å². The van der Waals surface area contributed by atoms with Gasteiger partial charge in [0.1, 0.15) is 4.60 Å². The summed E-state index contributed by atoms with van der Waals surface area (Å²) in [5, 5.41) is 2.75. The molecule has 1 rings (SSSR count). The van der Waals surface area contributed by atoms with E-state index in [1.807, 2.05) is 13.8 Å². The molecule has 0 spiro atoms. The fraction of sp³-hybridized carbons (Fsp3) is 0.333. The number of nitrogens with one attached hydrogen (secondary N) is 1. The fourth-order valence-corrected chi connectivity index (χ4v) is 0.971. The highest BCUT2D eigenvalue weighted by molar-refractivity contribution is 9.10. The molecule has 1 amide bonds. The fourth-order valence-electron chi connectivity index (χ4n) is 0.736. The second-order valence-electron chi connectivity index (χ2n) is 3.01. The lowest BCUT2D eigenvalue weighted by atomic mass is 10.2. The van der Waals surface area contributed by atoms with Crippen molar-refractivity contribution in [1.82, 2.24) is 4.98 Å². The molecule has 1 aromatic rings. The molecular formula is C9H11BrN2O. The molecule has 1 N–H and O–H groups in total. The molecule has 0 saturated heterocycles. The number of hydrogen-bond acceptors (Lipinski definition) is 2. The van der Waals surface area contributed by atoms with Gasteiger partial charge < -0.3 is 5.32 Å². The molecule has 0 aromatic carbocycles. The smallest absolute Gasteiger partial charge is 0.226 e. The van der Waals surface area contributed by atoms with Gasteiger partial charge >= 0.3 is 0 Å². The number of hydrogen-bond donors (Lipinski definition) is 1. The van der Waals surface area contributed by atoms with E-state index < -0.39 is 0 Å². The van der Waals surface area contributed by atoms with Crippen LogP contribution in [0, 0.1) is 5.92 Å². The summed E-state index contributed by atoms with van der Waals surface area (Å²) >= 11 is 3.22. The van der Waals surface area contributed by atoms with Crippen LogP contribution in [-0.4, -0.2) is 10.9 Å². The Morgan fingerprint density at radius 2 is 2.23 bits per heavy atom. The van der Waals surface area contributed by atoms with Crippen LogP contribution in [0.5, 0.6) is 0 Å². The lowest BCUT2D eigenvalue weighted by Gasteiger charge is -2.06. The van der Waals surface area contributed by atoms with Crippen LogP contribution in [-0.2, 0) is 4.79 Å². The van der Waals surface area contributed by atoms with Gasteiger partial charge in [-0.1, -0.05) is 13.8 Å². The Bertz CT molecular complexity index is 295. The molecule has 0 aliphatic heterocycles. The third kappa shape index (κ3) is 3.14. The first-order valence-electron chi connectivity index (χ1n) is 4.02. The van der Waals surface area contributed by atoms with E-state index >= 15 is 0 Å². The molecule has 70 valence electrons. The van der Waals surface area contributed by atoms with Crippen molar-refractivity contribution in [3.8, 4) is 0 Å². The number of aromatic nitrogens is 1. The summed E-state index contributed by atoms with van der Waals surface area (Å²) in [5.41, 5.74) is 0.724. The van der Waals surface area contributed by atoms with E-state index in [1.54, 1.807) is 18.3 Å². The molecule has 0 aliphatic rings. The lowest BCUT2D eigenvalue weighted by Crippen LogP contribution is -2.17. The van der Waals surface area contributed by atoms with E-state index in [1.165, 1.54) is 0 Å². The van der Waals surface area contributed by atoms with Crippen molar-refractivity contribution in [3.63, 3.8) is 0 Å². The SMILES string of the molecule is CC(C)C(=O)Nc1ccc(Br)nc1. The first-order valence-corrected chi connectivity index (χ1v) is 4.81. The molecule has 3 nitrogen and oxygen atoms in total. The zero-order valence-corrected chi connectivity index (χ0v) is 9.13. The van der Waals surface area contributed by atoms with Gasteiger partial charge in [-0.3, -0.25) is 4.79 Å². The lowest BCUT2D eigenvalue weighted by molar-refractivity contribution is -0.118. The zero-order valence-electron chi connectivity index (χ0n) is 7.54. The van der Waals surface area contributed by atoms with Crippen molar-refractivity contribution in [2.24, 2.45) is 5.92 Å². The third-order valence-electron chi connectivity index (χ3n) is 1.52. The average Bonchev–Trinajstić information content (AvgIpc) is 2.08. The van der Waals surface area contributed by atoms with Crippen LogP contribution in [0.4, 0.5) is 5.69 Å². The van der Waals surface area contributed by atoms with Gasteiger partial charge in [0.15, 0.2) is 0 Å². The Hall–Kier alpha value is -0.900. The minimum atomic E-state index is -0.0105. The van der Waals surface area contributed by atoms with Crippen molar-refractivity contribution < 1.29 is 4.79 Å². The number of pyridine rings is 1. The summed E-state index contributed by atoms with van der Waals surface area (Å²) in [6.07, 6.45) is 1.62. The van der Waals surface area contributed by atoms with E-state index in [2.05, 4.69) is 26.2 Å². The van der Waals surface area contributed by atoms with Crippen molar-refractivity contribution in [1.29, 1.82) is 0 Å². The van der Waals surface area contributed by atoms with Gasteiger partial charge in [-0.15, -0.1) is 0 Å². The molecule has 1 heterocycles. The quantitative estimate of drug-likeness (QED) is 0.810. The first kappa shape index (κ1) is 10.2. The molecule has 0 aliphatic carbocycles. The number of carbonyl (C=O) groups is 1. The molecule has 0 unspecified atom stereocenters. The predicted octanol–water partition coefficient (Wildman–Crippen LogP) is 2.44. The minimum absolute atomic E-state index is 0.00382. The number of anilines is 1. The summed E-state index contributed by atoms with van der Waals surface area (Å²) in [5.74, 6) is -0.00670. The topological polar surface area (TPSA) is 42.0 Å². The van der Waals surface area contributed by atoms with Crippen molar-refractivity contribution >= 4 is 27.5 Å². The minimum Gasteiger partial charge on any atom is -0.325 e. The maximum atomic E-state index is 11.2. The van der Waals surface area contributed by atoms with Crippen molar-refractivity contribution in [2.75, 3.05) is 5.32 Å². The van der Waals surface area contributed by atoms with Gasteiger partial charge in [-0.25, -0.2) is 4.98 Å². The number of rotatable bonds is 2. The van der Waals surface area contributed by atoms with Crippen LogP contribution in [0.2, 0.25) is 0 Å². The standard InChI is InChI=1S/C9H11BrN2O/c1-6(2)9(13)12-7-3-4-8(10)11-5-7/h3-6H,1-2H3,(H,12,13). The van der Waals surface area contributed by atoms with E-state index in [0.717, 1.165) is 10.3 Å². The number of nitrogens with zero attached hydrogens (tertiary/aromatic N) is 1. The van der Waals surface area contributed by atoms with Gasteiger partial charge in [0.2, 0.25) is 5.91 Å². The second kappa shape index (κ2) is 4.37. The zero-order chi connectivity index (χ0) is 9.84. The Morgan fingerprint density at radius 1 is 1.54 bits per heavy atom. The maximum Gasteiger partial charge on any atom is 0.226 e. The largest absolute Gasteiger partial charge is 0.325 e. The molecule has 13 heavy (non-hydrogen) atoms. The molecule has 0 radical (unpaired) electrons. The molecule has 4 heteroatoms. The summed E-state index contributed by atoms with van der Waals surface area (Å²) in [6, 6.07) is 3.59. The van der Waals surface area contributed by atoms with Gasteiger partial charge in [0, 0.05) is 5.92 Å². The predicted molar refractivity (Wildman–Crippen MR) is 55.4 cm³/mol. The Balaban J connectivity index is 2.65. The molecular weight excluding hydrogens is 232 g/mol. The van der Waals surface area contributed by atoms with Crippen molar-refractivity contribution in [2.45, 2.75) is 13.8 Å². The first-order chi connectivity index (χ1) is 6.09. The highest BCUT2D eigenvalue weighted by Gasteiger charge is 2.06. The molecule has 0 fully saturated rings. The Morgan fingerprint density at radius 3 is 2.69 bits per heavy atom. The molecule has 1 aromatic heterocycles. The molecule has 0 atom stereocenters. The summed E-state index contributed by atoms with van der Waals surface area (Å²) < 4.78 is 0.759. The Labute approximate surface area is 85.7 Å². The highest BCUT2D eigenvalue weighted by Crippen LogP contribution is 2.11. The molecule has 0 saturated carbocycles. The third-order valence-corrected chi connectivity index (χ3v) is 1.99. The van der Waals surface area contributed by atoms with Crippen LogP contribution < -0.4 is 5.32 Å². The van der Waals surface area contributed by atoms with Gasteiger partial charge in [-0.2, -0.15) is 0 Å². The van der Waals surface area contributed by atoms with Crippen molar-refractivity contribution in [3.05, 3.63) is 22.9 Å². The average molecular weight is 243 g/mol. The molecule has 0 bridgehead atoms. The van der Waals surface area contributed by atoms with E-state index in [-0.39, 0.29) is 11.8 Å². The number of amides is 1. The monoisotopic (exact) mass is 242 g/mol. The number of carbonyl (C=O) groups excluding carboxylic acids is 1. The Kier molecular flexibility index (Phi) is 3.42. The van der Waals surface area contributed by atoms with E-state index in [4.69, 9.17) is 0 Å². The second-order valence-corrected chi connectivity index (χ2v) is 3.83. The normalized spacial score (nSPS) is 10.2. The maximum absolute atomic E-state index is 11.2. The summed E-state index contributed by atoms with van der Waals surface area (Å²) in [4.78, 5) is 15.2. The van der Waals surface area contributed by atoms with Gasteiger partial charge in [-0.05, 0) is 28.1 Å². The van der Waals surface area contributed by atoms with Crippen LogP contribution in [0.15, 0.2) is 22.9 Å². The van der Waals surface area contributed by atoms with E-state index in [0.29, 0.717) is 0 Å².